The Morgan fingerprint density at radius 3 is 0.976 bits per heavy atom. The summed E-state index contributed by atoms with van der Waals surface area (Å²) in [5.41, 5.74) is 1.19. The molecule has 4 amide bonds. The number of carbonyl (C=O) groups excluding carboxylic acids is 4. The van der Waals surface area contributed by atoms with Gasteiger partial charge in [-0.1, -0.05) is 169 Å². The van der Waals surface area contributed by atoms with Crippen molar-refractivity contribution in [3.05, 3.63) is 286 Å². The van der Waals surface area contributed by atoms with Gasteiger partial charge in [0.25, 0.3) is 23.6 Å². The molecule has 646 valence electrons. The summed E-state index contributed by atoms with van der Waals surface area (Å²) in [6.07, 6.45) is 4.27. The van der Waals surface area contributed by atoms with E-state index < -0.39 is 74.0 Å². The van der Waals surface area contributed by atoms with Gasteiger partial charge in [0.1, 0.15) is 45.8 Å². The number of rotatable bonds is 28. The molecule has 0 atom stereocenters. The Morgan fingerprint density at radius 2 is 0.642 bits per heavy atom. The van der Waals surface area contributed by atoms with Crippen molar-refractivity contribution in [1.82, 2.24) is 37.2 Å². The smallest absolute Gasteiger partial charge is 0.494 e. The largest absolute Gasteiger partial charge is 0.516 e. The number of para-hydroxylation sites is 4. The molecule has 0 aliphatic carbocycles. The summed E-state index contributed by atoms with van der Waals surface area (Å²) in [6, 6.07) is 72.7. The van der Waals surface area contributed by atoms with Crippen LogP contribution in [0.15, 0.2) is 237 Å². The summed E-state index contributed by atoms with van der Waals surface area (Å²) >= 11 is 12.2. The summed E-state index contributed by atoms with van der Waals surface area (Å²) in [6.45, 7) is 13.8. The third-order valence-corrected chi connectivity index (χ3v) is 24.8. The summed E-state index contributed by atoms with van der Waals surface area (Å²) in [5, 5.41) is 8.79. The van der Waals surface area contributed by atoms with Crippen molar-refractivity contribution >= 4 is 152 Å². The van der Waals surface area contributed by atoms with Gasteiger partial charge in [-0.3, -0.25) is 19.2 Å². The Hall–Kier alpha value is -11.9. The minimum atomic E-state index is -5.82. The lowest BCUT2D eigenvalue weighted by Gasteiger charge is -2.20. The Kier molecular flexibility index (Phi) is 29.5. The number of nitrogens with zero attached hydrogens (tertiary/aromatic N) is 4. The van der Waals surface area contributed by atoms with E-state index in [1.807, 2.05) is 226 Å². The van der Waals surface area contributed by atoms with Crippen molar-refractivity contribution < 1.29 is 85.0 Å². The van der Waals surface area contributed by atoms with Gasteiger partial charge in [0.15, 0.2) is 0 Å². The van der Waals surface area contributed by atoms with E-state index in [1.54, 1.807) is 69.3 Å². The highest BCUT2D eigenvalue weighted by molar-refractivity contribution is 7.91. The van der Waals surface area contributed by atoms with E-state index in [1.165, 1.54) is 10.6 Å². The zero-order chi connectivity index (χ0) is 88.8. The van der Waals surface area contributed by atoms with Crippen LogP contribution in [-0.4, -0.2) is 125 Å². The molecule has 4 heterocycles. The second-order valence-electron chi connectivity index (χ2n) is 29.8. The van der Waals surface area contributed by atoms with Gasteiger partial charge in [0.2, 0.25) is 30.1 Å². The lowest BCUT2D eigenvalue weighted by molar-refractivity contribution is -0.0446. The molecule has 0 unspecified atom stereocenters. The number of aryl methyl sites for hydroxylation is 7. The Bertz CT molecular complexity index is 6490. The zero-order valence-electron chi connectivity index (χ0n) is 68.3. The van der Waals surface area contributed by atoms with Crippen LogP contribution in [0.2, 0.25) is 10.0 Å². The number of hydrogen-bond donors (Lipinski definition) is 4. The summed E-state index contributed by atoms with van der Waals surface area (Å²) in [5.74, 6) is -0.276. The van der Waals surface area contributed by atoms with Crippen LogP contribution in [0, 0.1) is 20.8 Å². The number of ether oxygens (including phenoxy) is 4. The summed E-state index contributed by atoms with van der Waals surface area (Å²) in [7, 11) is -16.9. The van der Waals surface area contributed by atoms with Gasteiger partial charge in [0, 0.05) is 90.6 Å². The Labute approximate surface area is 721 Å². The Morgan fingerprint density at radius 1 is 0.350 bits per heavy atom. The van der Waals surface area contributed by atoms with Crippen LogP contribution in [0.1, 0.15) is 105 Å². The number of alkyl halides is 3. The van der Waals surface area contributed by atoms with Crippen LogP contribution in [0.4, 0.5) is 13.2 Å². The number of benzene rings is 10. The molecule has 0 bridgehead atoms. The molecular weight excluding hydrogens is 1710 g/mol. The van der Waals surface area contributed by atoms with Crippen LogP contribution < -0.4 is 37.8 Å². The molecule has 24 nitrogen and oxygen atoms in total. The van der Waals surface area contributed by atoms with Crippen molar-refractivity contribution in [2.24, 2.45) is 0 Å². The number of carbonyl (C=O) groups is 4. The van der Waals surface area contributed by atoms with Gasteiger partial charge in [-0.15, -0.1) is 0 Å². The van der Waals surface area contributed by atoms with Crippen molar-refractivity contribution in [1.29, 1.82) is 0 Å². The summed E-state index contributed by atoms with van der Waals surface area (Å²) in [4.78, 5) is 50.3. The number of amides is 4. The fourth-order valence-electron chi connectivity index (χ4n) is 13.5. The number of aromatic nitrogens is 4. The Balaban J connectivity index is 0.000000160. The van der Waals surface area contributed by atoms with Crippen LogP contribution in [0.3, 0.4) is 0 Å². The van der Waals surface area contributed by atoms with E-state index in [0.29, 0.717) is 104 Å². The average molecular weight is 1800 g/mol. The number of hydrogen-bond acceptors (Lipinski definition) is 16. The number of nitrogens with one attached hydrogen (secondary N) is 4. The highest BCUT2D eigenvalue weighted by Crippen LogP contribution is 2.33. The number of halogens is 5. The first-order chi connectivity index (χ1) is 58.2. The predicted molar refractivity (Wildman–Crippen MR) is 476 cm³/mol. The average Bonchev–Trinajstić information content (AvgIpc) is 1.66. The molecule has 0 saturated carbocycles. The molecule has 4 N–H and O–H groups in total. The molecule has 0 fully saturated rings. The third kappa shape index (κ3) is 23.7. The molecule has 0 aliphatic rings. The van der Waals surface area contributed by atoms with Crippen LogP contribution in [-0.2, 0) is 66.3 Å². The lowest BCUT2D eigenvalue weighted by atomic mass is 10.1. The maximum atomic E-state index is 13.0. The van der Waals surface area contributed by atoms with Gasteiger partial charge >= 0.3 is 15.5 Å². The van der Waals surface area contributed by atoms with Gasteiger partial charge in [0.05, 0.1) is 43.7 Å². The number of fused-ring (bicyclic) bond motifs is 6. The maximum absolute atomic E-state index is 13.0. The van der Waals surface area contributed by atoms with E-state index in [2.05, 4.69) is 4.72 Å². The molecular formula is C90H91Cl2F3N8O16S4. The van der Waals surface area contributed by atoms with E-state index >= 15 is 0 Å². The van der Waals surface area contributed by atoms with E-state index in [-0.39, 0.29) is 18.8 Å². The normalized spacial score (nSPS) is 11.9. The fraction of sp³-hybridized carbons (Fsp3) is 0.244. The first-order valence-electron chi connectivity index (χ1n) is 38.8. The predicted octanol–water partition coefficient (Wildman–Crippen LogP) is 17.8. The van der Waals surface area contributed by atoms with Crippen molar-refractivity contribution in [3.8, 4) is 23.0 Å². The van der Waals surface area contributed by atoms with Crippen molar-refractivity contribution in [3.63, 3.8) is 0 Å². The van der Waals surface area contributed by atoms with Gasteiger partial charge in [-0.05, 0) is 186 Å². The van der Waals surface area contributed by atoms with E-state index in [4.69, 9.17) is 42.1 Å². The highest BCUT2D eigenvalue weighted by Gasteiger charge is 2.47. The van der Waals surface area contributed by atoms with Crippen LogP contribution >= 0.6 is 23.2 Å². The molecule has 0 saturated heterocycles. The molecule has 14 aromatic rings. The second-order valence-corrected chi connectivity index (χ2v) is 38.2. The first kappa shape index (κ1) is 91.9. The van der Waals surface area contributed by atoms with E-state index in [0.717, 1.165) is 110 Å². The molecule has 0 aliphatic heterocycles. The number of sulfonamides is 4. The molecule has 123 heavy (non-hydrogen) atoms. The topological polar surface area (TPSA) is 310 Å². The quantitative estimate of drug-likeness (QED) is 0.0331. The molecule has 4 aromatic heterocycles. The molecule has 10 aromatic carbocycles. The van der Waals surface area contributed by atoms with Crippen LogP contribution in [0.5, 0.6) is 23.0 Å². The van der Waals surface area contributed by atoms with Crippen LogP contribution in [0.25, 0.3) is 65.2 Å². The van der Waals surface area contributed by atoms with Crippen molar-refractivity contribution in [2.75, 3.05) is 38.9 Å². The van der Waals surface area contributed by atoms with Gasteiger partial charge in [-0.25, -0.2) is 44.1 Å². The van der Waals surface area contributed by atoms with Gasteiger partial charge < -0.3 is 37.2 Å². The first-order valence-corrected chi connectivity index (χ1v) is 46.3. The standard InChI is InChI=1S/C26H28N2O4S.C23H19F3N2O4S.C21H23ClN2O4S.C20H21ClN2O4S/c1-26(2,3)33(30,31)27-25(29)23-18-20-11-5-7-14-22(20)28(23)16-9-17-32-24-15-8-12-19-10-4-6-13-21(19)24;24-23(25,26)33(30,31)27-22(29)20-15-17-8-2-4-11-19(17)28(20)13-6-14-32-21-12-5-9-16-7-1-3-10-18(16)21;1-14-11-17(12-15(2)20(14)22)28-10-6-9-24-18-8-5-4-7-16(18)13-19(24)21(25)23-29(3,26)27;1-14-12-16(8-9-17(14)21)27-11-5-10-23-18-7-4-3-6-15(18)13-19(23)20(24)22-28(2,25)26/h4-8,10-15,18H,9,16-17H2,1-3H3,(H,27,29);1-5,7-12,15H,6,13-14H2,(H,27,29);4-5,7-8,11-13H,6,9-10H2,1-3H3,(H,23,25);3-4,6-9,12-13H,5,10-11H2,1-2H3,(H,22,24). The lowest BCUT2D eigenvalue weighted by Crippen LogP contribution is -2.43. The molecule has 0 spiro atoms. The zero-order valence-corrected chi connectivity index (χ0v) is 73.1. The molecule has 33 heteroatoms. The fourth-order valence-corrected chi connectivity index (χ4v) is 15.8. The molecule has 14 rings (SSSR count). The van der Waals surface area contributed by atoms with E-state index in [9.17, 15) is 66.0 Å². The monoisotopic (exact) mass is 1790 g/mol. The second kappa shape index (κ2) is 39.5. The maximum Gasteiger partial charge on any atom is 0.516 e. The minimum absolute atomic E-state index is 0.186. The highest BCUT2D eigenvalue weighted by atomic mass is 35.5. The third-order valence-electron chi connectivity index (χ3n) is 19.5. The minimum Gasteiger partial charge on any atom is -0.494 e. The van der Waals surface area contributed by atoms with Gasteiger partial charge in [-0.2, -0.15) is 21.6 Å². The summed E-state index contributed by atoms with van der Waals surface area (Å²) < 4.78 is 169. The van der Waals surface area contributed by atoms with Crippen molar-refractivity contribution in [2.45, 2.75) is 104 Å². The molecule has 0 radical (unpaired) electrons. The SMILES string of the molecule is CC(C)(C)S(=O)(=O)NC(=O)c1cc2ccccc2n1CCCOc1cccc2ccccc12.Cc1cc(OCCCn2c(C(=O)NS(C)(=O)=O)cc3ccccc32)cc(C)c1Cl.Cc1cc(OCCCn2c(C(=O)NS(C)(=O)=O)cc3ccccc32)ccc1Cl.O=C(NS(=O)(=O)C(F)(F)F)c1cc2ccccc2n1CCCOc1cccc2ccccc12.